The number of aromatic nitrogens is 1. The van der Waals surface area contributed by atoms with Crippen LogP contribution in [0.4, 0.5) is 11.5 Å². The summed E-state index contributed by atoms with van der Waals surface area (Å²) in [4.78, 5) is 22.3. The highest BCUT2D eigenvalue weighted by atomic mass is 35.5. The lowest BCUT2D eigenvalue weighted by molar-refractivity contribution is -0.107. The van der Waals surface area contributed by atoms with Gasteiger partial charge in [-0.05, 0) is 72.7 Å². The summed E-state index contributed by atoms with van der Waals surface area (Å²) >= 11 is 6.73. The van der Waals surface area contributed by atoms with Gasteiger partial charge >= 0.3 is 0 Å². The third-order valence-electron chi connectivity index (χ3n) is 7.20. The Kier molecular flexibility index (Phi) is 8.65. The Bertz CT molecular complexity index is 1470. The van der Waals surface area contributed by atoms with Crippen LogP contribution in [0.5, 0.6) is 5.75 Å². The Hall–Kier alpha value is -3.91. The maximum Gasteiger partial charge on any atom is 0.214 e. The summed E-state index contributed by atoms with van der Waals surface area (Å²) in [6.45, 7) is 4.83. The van der Waals surface area contributed by atoms with Crippen molar-refractivity contribution in [2.45, 2.75) is 0 Å². The number of rotatable bonds is 9. The topological polar surface area (TPSA) is 71.9 Å². The third-order valence-corrected chi connectivity index (χ3v) is 7.50. The van der Waals surface area contributed by atoms with Gasteiger partial charge in [-0.15, -0.1) is 0 Å². The van der Waals surface area contributed by atoms with Gasteiger partial charge in [-0.25, -0.2) is 4.98 Å². The number of halogens is 1. The predicted octanol–water partition coefficient (Wildman–Crippen LogP) is 5.38. The summed E-state index contributed by atoms with van der Waals surface area (Å²) in [5.41, 5.74) is 5.69. The molecule has 8 heteroatoms. The molecule has 0 radical (unpaired) electrons. The van der Waals surface area contributed by atoms with Gasteiger partial charge in [0.15, 0.2) is 0 Å². The summed E-state index contributed by atoms with van der Waals surface area (Å²) in [6.07, 6.45) is 2.60. The van der Waals surface area contributed by atoms with Crippen LogP contribution in [0.15, 0.2) is 79.0 Å². The lowest BCUT2D eigenvalue weighted by Crippen LogP contribution is -2.43. The minimum atomic E-state index is 0.167. The van der Waals surface area contributed by atoms with Crippen LogP contribution < -0.4 is 15.1 Å². The molecule has 0 bridgehead atoms. The zero-order chi connectivity index (χ0) is 28.1. The van der Waals surface area contributed by atoms with Crippen molar-refractivity contribution in [1.29, 1.82) is 0 Å². The highest BCUT2D eigenvalue weighted by Crippen LogP contribution is 2.43. The molecule has 1 fully saturated rings. The van der Waals surface area contributed by atoms with Gasteiger partial charge in [-0.3, -0.25) is 4.79 Å². The van der Waals surface area contributed by atoms with Crippen molar-refractivity contribution in [3.05, 3.63) is 84.0 Å². The van der Waals surface area contributed by atoms with Crippen LogP contribution in [-0.2, 0) is 4.79 Å². The number of carbonyl (C=O) groups excluding carboxylic acids is 1. The van der Waals surface area contributed by atoms with E-state index in [4.69, 9.17) is 11.6 Å². The summed E-state index contributed by atoms with van der Waals surface area (Å²) in [5.74, 6) is 1.06. The Labute approximate surface area is 240 Å². The van der Waals surface area contributed by atoms with Crippen molar-refractivity contribution in [3.8, 4) is 39.1 Å². The molecule has 1 aliphatic rings. The van der Waals surface area contributed by atoms with Crippen molar-refractivity contribution < 1.29 is 9.90 Å². The average molecular weight is 556 g/mol. The fraction of sp³-hybridized carbons (Fsp3) is 0.250. The van der Waals surface area contributed by atoms with Crippen molar-refractivity contribution in [2.24, 2.45) is 0 Å². The Morgan fingerprint density at radius 1 is 0.900 bits per heavy atom. The van der Waals surface area contributed by atoms with Crippen LogP contribution in [0.1, 0.15) is 0 Å². The lowest BCUT2D eigenvalue weighted by atomic mass is 9.92. The Morgan fingerprint density at radius 3 is 2.25 bits per heavy atom. The van der Waals surface area contributed by atoms with E-state index >= 15 is 0 Å². The van der Waals surface area contributed by atoms with Crippen LogP contribution in [0.3, 0.4) is 0 Å². The summed E-state index contributed by atoms with van der Waals surface area (Å²) in [6, 6.07) is 23.7. The van der Waals surface area contributed by atoms with Gasteiger partial charge in [0.25, 0.3) is 0 Å². The Balaban J connectivity index is 1.59. The van der Waals surface area contributed by atoms with E-state index in [9.17, 15) is 9.90 Å². The number of phenolic OH excluding ortho intramolecular Hbond substituents is 1. The second-order valence-corrected chi connectivity index (χ2v) is 10.6. The van der Waals surface area contributed by atoms with Crippen LogP contribution in [-0.4, -0.2) is 74.8 Å². The third kappa shape index (κ3) is 6.12. The van der Waals surface area contributed by atoms with Crippen molar-refractivity contribution in [3.63, 3.8) is 0 Å². The number of likely N-dealkylation sites (N-methyl/N-ethyl adjacent to an activating group) is 1. The van der Waals surface area contributed by atoms with Gasteiger partial charge in [-0.2, -0.15) is 0 Å². The number of piperazine rings is 1. The molecule has 1 amide bonds. The number of anilines is 2. The first kappa shape index (κ1) is 27.6. The molecule has 2 N–H and O–H groups in total. The second-order valence-electron chi connectivity index (χ2n) is 10.2. The maximum atomic E-state index is 11.8. The smallest absolute Gasteiger partial charge is 0.214 e. The number of hydrogen-bond donors (Lipinski definition) is 2. The standard InChI is InChI=1S/C32H34ClN5O2/c1-36(2)16-17-38(22-39)30-9-8-24(20-29(30)33)27-18-26(23-6-4-3-5-7-23)19-28(32(27)40)25-10-11-35-31(21-25)37-14-12-34-13-15-37/h3-11,18-22,34,40H,12-17H2,1-2H3. The van der Waals surface area contributed by atoms with Crippen molar-refractivity contribution in [2.75, 3.05) is 63.2 Å². The van der Waals surface area contributed by atoms with E-state index in [1.807, 2.05) is 79.7 Å². The maximum absolute atomic E-state index is 11.8. The highest BCUT2D eigenvalue weighted by Gasteiger charge is 2.19. The number of carbonyl (C=O) groups is 1. The van der Waals surface area contributed by atoms with E-state index < -0.39 is 0 Å². The van der Waals surface area contributed by atoms with Crippen LogP contribution in [0.2, 0.25) is 5.02 Å². The molecule has 0 saturated carbocycles. The number of hydrogen-bond acceptors (Lipinski definition) is 6. The molecule has 0 unspecified atom stereocenters. The van der Waals surface area contributed by atoms with Gasteiger partial charge in [0.1, 0.15) is 11.6 Å². The summed E-state index contributed by atoms with van der Waals surface area (Å²) < 4.78 is 0. The number of nitrogens with zero attached hydrogens (tertiary/aromatic N) is 4. The molecule has 206 valence electrons. The number of benzene rings is 3. The van der Waals surface area contributed by atoms with Gasteiger partial charge in [0, 0.05) is 56.6 Å². The monoisotopic (exact) mass is 555 g/mol. The van der Waals surface area contributed by atoms with Gasteiger partial charge in [0.2, 0.25) is 6.41 Å². The molecular weight excluding hydrogens is 522 g/mol. The molecule has 1 saturated heterocycles. The molecular formula is C32H34ClN5O2. The van der Waals surface area contributed by atoms with Crippen molar-refractivity contribution in [1.82, 2.24) is 15.2 Å². The molecule has 1 aromatic heterocycles. The number of phenols is 1. The molecule has 0 spiro atoms. The zero-order valence-corrected chi connectivity index (χ0v) is 23.6. The summed E-state index contributed by atoms with van der Waals surface area (Å²) in [5, 5.41) is 15.5. The van der Waals surface area contributed by atoms with Gasteiger partial charge in [-0.1, -0.05) is 48.0 Å². The fourth-order valence-corrected chi connectivity index (χ4v) is 5.26. The van der Waals surface area contributed by atoms with Crippen molar-refractivity contribution >= 4 is 29.5 Å². The first-order valence-corrected chi connectivity index (χ1v) is 13.8. The quantitative estimate of drug-likeness (QED) is 0.270. The highest BCUT2D eigenvalue weighted by molar-refractivity contribution is 6.34. The van der Waals surface area contributed by atoms with E-state index in [1.165, 1.54) is 0 Å². The molecule has 1 aliphatic heterocycles. The minimum Gasteiger partial charge on any atom is -0.507 e. The average Bonchev–Trinajstić information content (AvgIpc) is 2.99. The first-order valence-electron chi connectivity index (χ1n) is 13.5. The molecule has 5 rings (SSSR count). The van der Waals surface area contributed by atoms with E-state index in [0.717, 1.165) is 66.2 Å². The predicted molar refractivity (Wildman–Crippen MR) is 164 cm³/mol. The largest absolute Gasteiger partial charge is 0.507 e. The lowest BCUT2D eigenvalue weighted by Gasteiger charge is -2.28. The number of pyridine rings is 1. The molecule has 4 aromatic rings. The van der Waals surface area contributed by atoms with Gasteiger partial charge in [0.05, 0.1) is 10.7 Å². The second kappa shape index (κ2) is 12.5. The van der Waals surface area contributed by atoms with E-state index in [0.29, 0.717) is 29.4 Å². The molecule has 0 aliphatic carbocycles. The molecule has 3 aromatic carbocycles. The van der Waals surface area contributed by atoms with Gasteiger partial charge < -0.3 is 25.1 Å². The molecule has 7 nitrogen and oxygen atoms in total. The number of aromatic hydroxyl groups is 1. The van der Waals surface area contributed by atoms with E-state index in [1.54, 1.807) is 11.1 Å². The van der Waals surface area contributed by atoms with Crippen LogP contribution in [0, 0.1) is 0 Å². The molecule has 0 atom stereocenters. The molecule has 2 heterocycles. The van der Waals surface area contributed by atoms with Crippen LogP contribution >= 0.6 is 11.6 Å². The Morgan fingerprint density at radius 2 is 1.60 bits per heavy atom. The van der Waals surface area contributed by atoms with E-state index in [2.05, 4.69) is 27.3 Å². The number of nitrogens with one attached hydrogen (secondary N) is 1. The fourth-order valence-electron chi connectivity index (χ4n) is 4.97. The number of amides is 1. The summed E-state index contributed by atoms with van der Waals surface area (Å²) in [7, 11) is 3.92. The first-order chi connectivity index (χ1) is 19.4. The van der Waals surface area contributed by atoms with E-state index in [-0.39, 0.29) is 5.75 Å². The zero-order valence-electron chi connectivity index (χ0n) is 22.8. The molecule has 40 heavy (non-hydrogen) atoms. The SMILES string of the molecule is CN(C)CCN(C=O)c1ccc(-c2cc(-c3ccccc3)cc(-c3ccnc(N4CCNCC4)c3)c2O)cc1Cl. The minimum absolute atomic E-state index is 0.167. The normalized spacial score (nSPS) is 13.4. The van der Waals surface area contributed by atoms with Crippen LogP contribution in [0.25, 0.3) is 33.4 Å².